The number of carbonyl (C=O) groups excluding carboxylic acids is 2. The minimum atomic E-state index is -4.58. The van der Waals surface area contributed by atoms with Gasteiger partial charge in [0, 0.05) is 18.3 Å². The predicted octanol–water partition coefficient (Wildman–Crippen LogP) is 4.95. The van der Waals surface area contributed by atoms with Crippen molar-refractivity contribution < 1.29 is 27.5 Å². The van der Waals surface area contributed by atoms with Gasteiger partial charge in [-0.15, -0.1) is 0 Å². The molecule has 0 unspecified atom stereocenters. The van der Waals surface area contributed by atoms with Crippen LogP contribution in [0.1, 0.15) is 53.6 Å². The van der Waals surface area contributed by atoms with Crippen LogP contribution in [0.25, 0.3) is 0 Å². The molecule has 6 nitrogen and oxygen atoms in total. The first kappa shape index (κ1) is 22.1. The number of pyridine rings is 1. The summed E-state index contributed by atoms with van der Waals surface area (Å²) in [6.07, 6.45) is -1.54. The van der Waals surface area contributed by atoms with Crippen LogP contribution in [-0.2, 0) is 15.1 Å². The second kappa shape index (κ2) is 8.44. The van der Waals surface area contributed by atoms with Crippen molar-refractivity contribution in [2.45, 2.75) is 50.8 Å². The van der Waals surface area contributed by atoms with Gasteiger partial charge in [-0.05, 0) is 56.2 Å². The molecule has 0 radical (unpaired) electrons. The third kappa shape index (κ3) is 4.56. The second-order valence-electron chi connectivity index (χ2n) is 8.45. The minimum Gasteiger partial charge on any atom is -0.451 e. The van der Waals surface area contributed by atoms with Crippen LogP contribution in [-0.4, -0.2) is 29.6 Å². The molecule has 1 aliphatic carbocycles. The number of hydrogen-bond acceptors (Lipinski definition) is 5. The number of carbonyl (C=O) groups is 2. The summed E-state index contributed by atoms with van der Waals surface area (Å²) < 4.78 is 43.3. The molecule has 0 atom stereocenters. The molecule has 9 heteroatoms. The van der Waals surface area contributed by atoms with Crippen LogP contribution in [0.15, 0.2) is 36.5 Å². The Morgan fingerprint density at radius 2 is 1.94 bits per heavy atom. The fourth-order valence-electron chi connectivity index (χ4n) is 4.52. The van der Waals surface area contributed by atoms with Gasteiger partial charge < -0.3 is 15.4 Å². The van der Waals surface area contributed by atoms with Gasteiger partial charge in [-0.2, -0.15) is 13.2 Å². The molecule has 32 heavy (non-hydrogen) atoms. The van der Waals surface area contributed by atoms with E-state index < -0.39 is 24.1 Å². The zero-order valence-electron chi connectivity index (χ0n) is 17.6. The molecule has 2 aromatic rings. The molecule has 1 saturated carbocycles. The van der Waals surface area contributed by atoms with Gasteiger partial charge in [0.25, 0.3) is 0 Å². The summed E-state index contributed by atoms with van der Waals surface area (Å²) in [6.45, 7) is 2.25. The number of nitrogens with zero attached hydrogens (tertiary/aromatic N) is 1. The summed E-state index contributed by atoms with van der Waals surface area (Å²) >= 11 is 0. The highest BCUT2D eigenvalue weighted by molar-refractivity contribution is 5.95. The maximum atomic E-state index is 12.5. The maximum absolute atomic E-state index is 12.5. The van der Waals surface area contributed by atoms with E-state index in [0.29, 0.717) is 36.3 Å². The summed E-state index contributed by atoms with van der Waals surface area (Å²) in [7, 11) is 0. The smallest absolute Gasteiger partial charge is 0.397 e. The third-order valence-electron chi connectivity index (χ3n) is 6.18. The van der Waals surface area contributed by atoms with Crippen LogP contribution in [0.2, 0.25) is 0 Å². The lowest BCUT2D eigenvalue weighted by molar-refractivity contribution is -0.150. The van der Waals surface area contributed by atoms with E-state index in [-0.39, 0.29) is 17.6 Å². The van der Waals surface area contributed by atoms with Crippen molar-refractivity contribution in [1.82, 2.24) is 4.98 Å². The van der Waals surface area contributed by atoms with E-state index >= 15 is 0 Å². The number of aryl methyl sites for hydroxylation is 1. The number of fused-ring (bicyclic) bond motifs is 2. The molecule has 4 rings (SSSR count). The Balaban J connectivity index is 1.38. The van der Waals surface area contributed by atoms with Gasteiger partial charge in [-0.1, -0.05) is 18.2 Å². The van der Waals surface area contributed by atoms with E-state index in [1.165, 1.54) is 0 Å². The summed E-state index contributed by atoms with van der Waals surface area (Å²) in [5.41, 5.74) is 1.89. The first-order valence-corrected chi connectivity index (χ1v) is 10.6. The molecular weight excluding hydrogens is 423 g/mol. The van der Waals surface area contributed by atoms with Crippen molar-refractivity contribution in [3.05, 3.63) is 53.2 Å². The number of hydrogen-bond donors (Lipinski definition) is 2. The molecule has 1 fully saturated rings. The van der Waals surface area contributed by atoms with Crippen molar-refractivity contribution in [3.8, 4) is 0 Å². The number of amides is 1. The molecule has 1 aliphatic heterocycles. The lowest BCUT2D eigenvalue weighted by Gasteiger charge is -2.36. The van der Waals surface area contributed by atoms with Gasteiger partial charge in [-0.3, -0.25) is 4.79 Å². The highest BCUT2D eigenvalue weighted by Crippen LogP contribution is 2.48. The Morgan fingerprint density at radius 3 is 2.66 bits per heavy atom. The molecule has 2 heterocycles. The zero-order chi connectivity index (χ0) is 22.9. The van der Waals surface area contributed by atoms with Crippen LogP contribution in [0, 0.1) is 12.8 Å². The molecule has 1 amide bonds. The van der Waals surface area contributed by atoms with Crippen LogP contribution < -0.4 is 10.6 Å². The fraction of sp³-hybridized carbons (Fsp3) is 0.435. The molecule has 0 saturated heterocycles. The largest absolute Gasteiger partial charge is 0.451 e. The van der Waals surface area contributed by atoms with Crippen molar-refractivity contribution in [1.29, 1.82) is 0 Å². The number of nitrogens with one attached hydrogen (secondary N) is 2. The first-order chi connectivity index (χ1) is 15.2. The number of anilines is 2. The summed E-state index contributed by atoms with van der Waals surface area (Å²) in [4.78, 5) is 28.2. The Hall–Kier alpha value is -3.10. The van der Waals surface area contributed by atoms with E-state index in [0.717, 1.165) is 18.4 Å². The molecule has 1 spiro atoms. The van der Waals surface area contributed by atoms with Crippen molar-refractivity contribution in [2.75, 3.05) is 17.2 Å². The van der Waals surface area contributed by atoms with Gasteiger partial charge in [0.15, 0.2) is 0 Å². The Labute approximate surface area is 183 Å². The normalized spacial score (nSPS) is 22.4. The van der Waals surface area contributed by atoms with Crippen LogP contribution in [0.4, 0.5) is 24.7 Å². The Bertz CT molecular complexity index is 1030. The van der Waals surface area contributed by atoms with Gasteiger partial charge in [0.1, 0.15) is 17.8 Å². The summed E-state index contributed by atoms with van der Waals surface area (Å²) in [5.74, 6) is -0.787. The van der Waals surface area contributed by atoms with Crippen molar-refractivity contribution in [3.63, 3.8) is 0 Å². The standard InChI is InChI=1S/C23H24F3N3O3/c1-14-8-11-27-20(19(14)29-18(30)12-23(24,25)26)28-13-15-6-9-22(10-7-15)17-5-3-2-4-16(17)21(31)32-22/h2-5,8,11,15H,6-7,9-10,12-13H2,1H3,(H,27,28)(H,29,30). The molecule has 2 aliphatic rings. The average molecular weight is 447 g/mol. The lowest BCUT2D eigenvalue weighted by atomic mass is 9.75. The van der Waals surface area contributed by atoms with E-state index in [1.807, 2.05) is 18.2 Å². The highest BCUT2D eigenvalue weighted by atomic mass is 19.4. The first-order valence-electron chi connectivity index (χ1n) is 10.6. The van der Waals surface area contributed by atoms with Crippen molar-refractivity contribution >= 4 is 23.4 Å². The SMILES string of the molecule is Cc1ccnc(NCC2CCC3(CC2)OC(=O)c2ccccc23)c1NC(=O)CC(F)(F)F. The summed E-state index contributed by atoms with van der Waals surface area (Å²) in [5, 5.41) is 5.52. The molecule has 1 aromatic carbocycles. The second-order valence-corrected chi connectivity index (χ2v) is 8.45. The van der Waals surface area contributed by atoms with E-state index in [1.54, 1.807) is 25.3 Å². The Morgan fingerprint density at radius 1 is 1.22 bits per heavy atom. The molecular formula is C23H24F3N3O3. The molecule has 170 valence electrons. The lowest BCUT2D eigenvalue weighted by Crippen LogP contribution is -2.34. The fourth-order valence-corrected chi connectivity index (χ4v) is 4.52. The molecule has 0 bridgehead atoms. The van der Waals surface area contributed by atoms with Gasteiger partial charge >= 0.3 is 12.1 Å². The zero-order valence-corrected chi connectivity index (χ0v) is 17.6. The third-order valence-corrected chi connectivity index (χ3v) is 6.18. The van der Waals surface area contributed by atoms with Crippen molar-refractivity contribution in [2.24, 2.45) is 5.92 Å². The maximum Gasteiger partial charge on any atom is 0.397 e. The minimum absolute atomic E-state index is 0.257. The van der Waals surface area contributed by atoms with Crippen LogP contribution in [0.3, 0.4) is 0 Å². The van der Waals surface area contributed by atoms with E-state index in [2.05, 4.69) is 15.6 Å². The number of alkyl halides is 3. The quantitative estimate of drug-likeness (QED) is 0.634. The highest BCUT2D eigenvalue weighted by Gasteiger charge is 2.47. The van der Waals surface area contributed by atoms with Gasteiger partial charge in [0.05, 0.1) is 11.3 Å². The molecule has 1 aromatic heterocycles. The van der Waals surface area contributed by atoms with Gasteiger partial charge in [0.2, 0.25) is 5.91 Å². The monoisotopic (exact) mass is 447 g/mol. The number of halogens is 3. The topological polar surface area (TPSA) is 80.3 Å². The summed E-state index contributed by atoms with van der Waals surface area (Å²) in [6, 6.07) is 9.11. The number of ether oxygens (including phenoxy) is 1. The van der Waals surface area contributed by atoms with Crippen LogP contribution in [0.5, 0.6) is 0 Å². The number of benzene rings is 1. The number of rotatable bonds is 5. The Kier molecular flexibility index (Phi) is 5.83. The average Bonchev–Trinajstić information content (AvgIpc) is 3.00. The molecule has 2 N–H and O–H groups in total. The number of esters is 1. The van der Waals surface area contributed by atoms with E-state index in [4.69, 9.17) is 4.74 Å². The van der Waals surface area contributed by atoms with E-state index in [9.17, 15) is 22.8 Å². The number of aromatic nitrogens is 1. The van der Waals surface area contributed by atoms with Crippen LogP contribution >= 0.6 is 0 Å². The van der Waals surface area contributed by atoms with Gasteiger partial charge in [-0.25, -0.2) is 9.78 Å². The predicted molar refractivity (Wildman–Crippen MR) is 112 cm³/mol.